The van der Waals surface area contributed by atoms with Gasteiger partial charge in [-0.05, 0) is 28.8 Å². The summed E-state index contributed by atoms with van der Waals surface area (Å²) in [5.74, 6) is 0.777. The van der Waals surface area contributed by atoms with E-state index in [-0.39, 0.29) is 11.4 Å². The number of ether oxygens (including phenoxy) is 1. The highest BCUT2D eigenvalue weighted by molar-refractivity contribution is 5.90. The number of nitrogens with one attached hydrogen (secondary N) is 2. The van der Waals surface area contributed by atoms with Gasteiger partial charge < -0.3 is 10.1 Å². The lowest BCUT2D eigenvalue weighted by atomic mass is 10.1. The van der Waals surface area contributed by atoms with Crippen LogP contribution in [0, 0.1) is 11.3 Å². The Morgan fingerprint density at radius 3 is 3.05 bits per heavy atom. The molecule has 0 aliphatic heterocycles. The summed E-state index contributed by atoms with van der Waals surface area (Å²) >= 11 is 0. The molecule has 2 heterocycles. The Labute approximate surface area is 125 Å². The zero-order valence-corrected chi connectivity index (χ0v) is 11.6. The molecule has 3 rings (SSSR count). The zero-order chi connectivity index (χ0) is 15.4. The minimum Gasteiger partial charge on any atom is -0.481 e. The number of hydrogen-bond acceptors (Lipinski definition) is 7. The molecule has 0 fully saturated rings. The summed E-state index contributed by atoms with van der Waals surface area (Å²) in [6, 6.07) is 9.64. The molecule has 8 nitrogen and oxygen atoms in total. The number of benzene rings is 1. The van der Waals surface area contributed by atoms with Crippen LogP contribution in [0.25, 0.3) is 16.3 Å². The molecule has 0 amide bonds. The number of nitrogens with zero attached hydrogens (tertiary/aromatic N) is 5. The van der Waals surface area contributed by atoms with E-state index in [0.717, 1.165) is 16.5 Å². The van der Waals surface area contributed by atoms with Crippen LogP contribution in [-0.2, 0) is 0 Å². The van der Waals surface area contributed by atoms with Gasteiger partial charge in [0.15, 0.2) is 0 Å². The lowest BCUT2D eigenvalue weighted by Crippen LogP contribution is -1.94. The molecule has 0 aliphatic carbocycles. The molecule has 0 saturated heterocycles. The van der Waals surface area contributed by atoms with Gasteiger partial charge in [0.05, 0.1) is 7.11 Å². The third-order valence-corrected chi connectivity index (χ3v) is 3.01. The fourth-order valence-corrected chi connectivity index (χ4v) is 1.97. The van der Waals surface area contributed by atoms with Crippen molar-refractivity contribution in [2.75, 3.05) is 12.4 Å². The number of rotatable bonds is 4. The maximum Gasteiger partial charge on any atom is 0.221 e. The van der Waals surface area contributed by atoms with E-state index in [1.54, 1.807) is 13.3 Å². The van der Waals surface area contributed by atoms with Gasteiger partial charge in [-0.25, -0.2) is 4.98 Å². The molecule has 0 unspecified atom stereocenters. The summed E-state index contributed by atoms with van der Waals surface area (Å²) < 4.78 is 5.25. The maximum absolute atomic E-state index is 9.12. The summed E-state index contributed by atoms with van der Waals surface area (Å²) in [5.41, 5.74) is 1.06. The van der Waals surface area contributed by atoms with Crippen LogP contribution in [0.3, 0.4) is 0 Å². The van der Waals surface area contributed by atoms with Crippen molar-refractivity contribution >= 4 is 22.0 Å². The normalized spacial score (nSPS) is 11.2. The second-order valence-corrected chi connectivity index (χ2v) is 4.31. The molecule has 1 aromatic carbocycles. The number of allylic oxidation sites excluding steroid dienone is 1. The van der Waals surface area contributed by atoms with Crippen molar-refractivity contribution in [2.45, 2.75) is 0 Å². The van der Waals surface area contributed by atoms with Gasteiger partial charge >= 0.3 is 0 Å². The molecule has 108 valence electrons. The largest absolute Gasteiger partial charge is 0.481 e. The second kappa shape index (κ2) is 5.88. The van der Waals surface area contributed by atoms with E-state index in [4.69, 9.17) is 10.00 Å². The Morgan fingerprint density at radius 2 is 2.32 bits per heavy atom. The number of methoxy groups -OCH3 is 1. The molecule has 0 bridgehead atoms. The average Bonchev–Trinajstić information content (AvgIpc) is 3.09. The highest BCUT2D eigenvalue weighted by Gasteiger charge is 2.06. The third kappa shape index (κ3) is 2.55. The second-order valence-electron chi connectivity index (χ2n) is 4.31. The number of nitriles is 1. The van der Waals surface area contributed by atoms with Crippen molar-refractivity contribution in [3.63, 3.8) is 0 Å². The Balaban J connectivity index is 1.93. The van der Waals surface area contributed by atoms with Crippen molar-refractivity contribution in [3.05, 3.63) is 42.5 Å². The molecule has 0 aliphatic rings. The van der Waals surface area contributed by atoms with Crippen LogP contribution in [0.1, 0.15) is 5.82 Å². The van der Waals surface area contributed by atoms with E-state index < -0.39 is 0 Å². The first-order chi connectivity index (χ1) is 10.8. The Hall–Kier alpha value is -3.47. The van der Waals surface area contributed by atoms with E-state index >= 15 is 0 Å². The van der Waals surface area contributed by atoms with E-state index in [1.165, 1.54) is 6.20 Å². The fourth-order valence-electron chi connectivity index (χ4n) is 1.97. The molecular weight excluding hydrogens is 282 g/mol. The van der Waals surface area contributed by atoms with Crippen molar-refractivity contribution in [1.29, 1.82) is 5.26 Å². The number of tetrazole rings is 1. The van der Waals surface area contributed by atoms with Crippen LogP contribution < -0.4 is 10.1 Å². The lowest BCUT2D eigenvalue weighted by Gasteiger charge is -2.06. The third-order valence-electron chi connectivity index (χ3n) is 3.01. The first-order valence-corrected chi connectivity index (χ1v) is 6.35. The van der Waals surface area contributed by atoms with E-state index in [9.17, 15) is 0 Å². The molecule has 2 N–H and O–H groups in total. The van der Waals surface area contributed by atoms with Crippen LogP contribution in [0.15, 0.2) is 36.7 Å². The van der Waals surface area contributed by atoms with Gasteiger partial charge in [-0.2, -0.15) is 10.5 Å². The summed E-state index contributed by atoms with van der Waals surface area (Å²) in [6.07, 6.45) is 3.22. The molecule has 0 atom stereocenters. The Kier molecular flexibility index (Phi) is 3.61. The summed E-state index contributed by atoms with van der Waals surface area (Å²) in [4.78, 5) is 4.17. The topological polar surface area (TPSA) is 112 Å². The minimum atomic E-state index is 0.232. The molecule has 0 saturated carbocycles. The minimum absolute atomic E-state index is 0.232. The summed E-state index contributed by atoms with van der Waals surface area (Å²) in [5, 5.41) is 27.3. The van der Waals surface area contributed by atoms with Crippen LogP contribution in [0.5, 0.6) is 5.88 Å². The highest BCUT2D eigenvalue weighted by atomic mass is 16.5. The van der Waals surface area contributed by atoms with Crippen molar-refractivity contribution in [1.82, 2.24) is 25.6 Å². The number of anilines is 1. The zero-order valence-electron chi connectivity index (χ0n) is 11.6. The number of hydrogen-bond donors (Lipinski definition) is 2. The van der Waals surface area contributed by atoms with Gasteiger partial charge in [-0.1, -0.05) is 6.07 Å². The average molecular weight is 293 g/mol. The standard InChI is InChI=1S/C14H11N7O/c1-22-14-12-6-11(3-2-9(12)4-5-16-14)17-8-10(7-15)13-18-20-21-19-13/h2-6,8,17H,1H3,(H,18,19,20,21). The van der Waals surface area contributed by atoms with Crippen LogP contribution in [0.4, 0.5) is 5.69 Å². The van der Waals surface area contributed by atoms with Crippen molar-refractivity contribution in [2.24, 2.45) is 0 Å². The van der Waals surface area contributed by atoms with E-state index in [0.29, 0.717) is 5.88 Å². The molecule has 0 radical (unpaired) electrons. The first-order valence-electron chi connectivity index (χ1n) is 6.35. The molecule has 22 heavy (non-hydrogen) atoms. The smallest absolute Gasteiger partial charge is 0.221 e. The van der Waals surface area contributed by atoms with Gasteiger partial charge in [0.2, 0.25) is 11.7 Å². The molecular formula is C14H11N7O. The van der Waals surface area contributed by atoms with Gasteiger partial charge in [0.1, 0.15) is 11.6 Å². The van der Waals surface area contributed by atoms with Gasteiger partial charge in [0.25, 0.3) is 0 Å². The monoisotopic (exact) mass is 293 g/mol. The summed E-state index contributed by atoms with van der Waals surface area (Å²) in [6.45, 7) is 0. The number of aromatic amines is 1. The van der Waals surface area contributed by atoms with E-state index in [1.807, 2.05) is 30.3 Å². The highest BCUT2D eigenvalue weighted by Crippen LogP contribution is 2.26. The molecule has 8 heteroatoms. The molecule has 0 spiro atoms. The first kappa shape index (κ1) is 13.5. The predicted octanol–water partition coefficient (Wildman–Crippen LogP) is 1.73. The number of H-pyrrole nitrogens is 1. The van der Waals surface area contributed by atoms with Gasteiger partial charge in [-0.15, -0.1) is 10.2 Å². The van der Waals surface area contributed by atoms with Crippen LogP contribution in [0.2, 0.25) is 0 Å². The van der Waals surface area contributed by atoms with Gasteiger partial charge in [-0.3, -0.25) is 0 Å². The number of pyridine rings is 1. The molecule has 3 aromatic rings. The Morgan fingerprint density at radius 1 is 1.41 bits per heavy atom. The van der Waals surface area contributed by atoms with E-state index in [2.05, 4.69) is 30.9 Å². The SMILES string of the molecule is COc1nccc2ccc(NC=C(C#N)c3nn[nH]n3)cc12. The predicted molar refractivity (Wildman–Crippen MR) is 79.7 cm³/mol. The van der Waals surface area contributed by atoms with Crippen LogP contribution >= 0.6 is 0 Å². The fraction of sp³-hybridized carbons (Fsp3) is 0.0714. The Bertz CT molecular complexity index is 865. The van der Waals surface area contributed by atoms with Crippen molar-refractivity contribution < 1.29 is 4.74 Å². The number of fused-ring (bicyclic) bond motifs is 1. The summed E-state index contributed by atoms with van der Waals surface area (Å²) in [7, 11) is 1.58. The molecule has 2 aromatic heterocycles. The van der Waals surface area contributed by atoms with Gasteiger partial charge in [0, 0.05) is 23.5 Å². The maximum atomic E-state index is 9.12. The lowest BCUT2D eigenvalue weighted by molar-refractivity contribution is 0.403. The number of aromatic nitrogens is 5. The van der Waals surface area contributed by atoms with Crippen molar-refractivity contribution in [3.8, 4) is 11.9 Å². The quantitative estimate of drug-likeness (QED) is 0.704. The van der Waals surface area contributed by atoms with Crippen LogP contribution in [-0.4, -0.2) is 32.7 Å².